The summed E-state index contributed by atoms with van der Waals surface area (Å²) in [4.78, 5) is 26.6. The van der Waals surface area contributed by atoms with Crippen molar-refractivity contribution in [1.82, 2.24) is 4.31 Å². The second kappa shape index (κ2) is 11.6. The largest absolute Gasteiger partial charge is 0.378 e. The molecule has 1 N–H and O–H groups in total. The minimum absolute atomic E-state index is 0.0592. The van der Waals surface area contributed by atoms with E-state index in [0.29, 0.717) is 30.9 Å². The Bertz CT molecular complexity index is 1080. The van der Waals surface area contributed by atoms with Crippen LogP contribution in [0.2, 0.25) is 0 Å². The predicted molar refractivity (Wildman–Crippen MR) is 133 cm³/mol. The lowest BCUT2D eigenvalue weighted by Crippen LogP contribution is -2.39. The Kier molecular flexibility index (Phi) is 8.82. The average Bonchev–Trinajstić information content (AvgIpc) is 2.82. The Hall–Kier alpha value is -2.75. The van der Waals surface area contributed by atoms with Crippen LogP contribution in [-0.2, 0) is 19.6 Å². The molecule has 3 rings (SSSR count). The van der Waals surface area contributed by atoms with Crippen molar-refractivity contribution in [1.29, 1.82) is 0 Å². The molecule has 1 saturated heterocycles. The van der Waals surface area contributed by atoms with Crippen LogP contribution >= 0.6 is 0 Å². The molecule has 2 aromatic carbocycles. The summed E-state index contributed by atoms with van der Waals surface area (Å²) in [6, 6.07) is 13.3. The number of sulfonamides is 1. The molecule has 0 atom stereocenters. The maximum absolute atomic E-state index is 13.3. The summed E-state index contributed by atoms with van der Waals surface area (Å²) in [7, 11) is -3.91. The van der Waals surface area contributed by atoms with Gasteiger partial charge in [-0.25, -0.2) is 8.42 Å². The Labute approximate surface area is 201 Å². The van der Waals surface area contributed by atoms with Crippen LogP contribution in [0.25, 0.3) is 0 Å². The van der Waals surface area contributed by atoms with Gasteiger partial charge in [-0.2, -0.15) is 4.31 Å². The molecule has 2 aromatic rings. The number of carbonyl (C=O) groups is 2. The van der Waals surface area contributed by atoms with Crippen molar-refractivity contribution in [3.05, 3.63) is 54.1 Å². The summed E-state index contributed by atoms with van der Waals surface area (Å²) in [6.45, 7) is 8.38. The topological polar surface area (TPSA) is 96.0 Å². The van der Waals surface area contributed by atoms with Gasteiger partial charge in [0.15, 0.2) is 5.78 Å². The second-order valence-corrected chi connectivity index (χ2v) is 10.7. The van der Waals surface area contributed by atoms with E-state index >= 15 is 0 Å². The third-order valence-electron chi connectivity index (χ3n) is 5.70. The van der Waals surface area contributed by atoms with Gasteiger partial charge in [-0.15, -0.1) is 0 Å². The number of carbonyl (C=O) groups excluding carboxylic acids is 2. The number of hydrogen-bond donors (Lipinski definition) is 1. The number of morpholine rings is 1. The summed E-state index contributed by atoms with van der Waals surface area (Å²) in [6.07, 6.45) is 0.617. The smallest absolute Gasteiger partial charge is 0.243 e. The van der Waals surface area contributed by atoms with Crippen LogP contribution in [0.4, 0.5) is 11.4 Å². The highest BCUT2D eigenvalue weighted by atomic mass is 32.2. The Balaban J connectivity index is 1.70. The highest BCUT2D eigenvalue weighted by molar-refractivity contribution is 7.89. The van der Waals surface area contributed by atoms with E-state index < -0.39 is 15.9 Å². The number of nitrogens with zero attached hydrogens (tertiary/aromatic N) is 2. The van der Waals surface area contributed by atoms with E-state index in [-0.39, 0.29) is 29.7 Å². The number of nitrogens with one attached hydrogen (secondary N) is 1. The SMILES string of the molecule is CC(=O)c1ccc(S(=O)(=O)N(CCC(C)C)CC(=O)Nc2ccc(N3CCOCC3)cc2)cc1. The molecule has 1 aliphatic heterocycles. The molecule has 184 valence electrons. The highest BCUT2D eigenvalue weighted by Crippen LogP contribution is 2.21. The zero-order valence-corrected chi connectivity index (χ0v) is 20.8. The molecule has 0 radical (unpaired) electrons. The van der Waals surface area contributed by atoms with Gasteiger partial charge in [-0.05, 0) is 55.7 Å². The predicted octanol–water partition coefficient (Wildman–Crippen LogP) is 3.40. The highest BCUT2D eigenvalue weighted by Gasteiger charge is 2.27. The molecule has 1 aliphatic rings. The van der Waals surface area contributed by atoms with Crippen molar-refractivity contribution in [3.63, 3.8) is 0 Å². The standard InChI is InChI=1S/C25H33N3O5S/c1-19(2)12-13-28(34(31,32)24-10-4-21(5-11-24)20(3)29)18-25(30)26-22-6-8-23(9-7-22)27-14-16-33-17-15-27/h4-11,19H,12-18H2,1-3H3,(H,26,30). The molecule has 34 heavy (non-hydrogen) atoms. The number of rotatable bonds is 10. The summed E-state index contributed by atoms with van der Waals surface area (Å²) < 4.78 is 33.1. The van der Waals surface area contributed by atoms with Gasteiger partial charge in [0.2, 0.25) is 15.9 Å². The summed E-state index contributed by atoms with van der Waals surface area (Å²) >= 11 is 0. The average molecular weight is 488 g/mol. The van der Waals surface area contributed by atoms with E-state index in [2.05, 4.69) is 10.2 Å². The van der Waals surface area contributed by atoms with Crippen molar-refractivity contribution in [3.8, 4) is 0 Å². The van der Waals surface area contributed by atoms with E-state index in [9.17, 15) is 18.0 Å². The number of ether oxygens (including phenoxy) is 1. The molecular formula is C25H33N3O5S. The van der Waals surface area contributed by atoms with Crippen LogP contribution in [0.1, 0.15) is 37.6 Å². The third kappa shape index (κ3) is 6.88. The van der Waals surface area contributed by atoms with E-state index in [0.717, 1.165) is 18.8 Å². The Morgan fingerprint density at radius 3 is 2.21 bits per heavy atom. The van der Waals surface area contributed by atoms with Gasteiger partial charge in [0.05, 0.1) is 24.7 Å². The third-order valence-corrected chi connectivity index (χ3v) is 7.56. The van der Waals surface area contributed by atoms with Crippen molar-refractivity contribution in [2.45, 2.75) is 32.1 Å². The molecule has 1 heterocycles. The molecule has 1 amide bonds. The van der Waals surface area contributed by atoms with Gasteiger partial charge < -0.3 is 15.0 Å². The lowest BCUT2D eigenvalue weighted by molar-refractivity contribution is -0.116. The van der Waals surface area contributed by atoms with E-state index in [4.69, 9.17) is 4.74 Å². The van der Waals surface area contributed by atoms with Crippen LogP contribution in [0.15, 0.2) is 53.4 Å². The molecule has 9 heteroatoms. The number of amides is 1. The molecule has 8 nitrogen and oxygen atoms in total. The maximum atomic E-state index is 13.3. The molecule has 0 unspecified atom stereocenters. The zero-order valence-electron chi connectivity index (χ0n) is 20.0. The van der Waals surface area contributed by atoms with E-state index in [1.54, 1.807) is 0 Å². The second-order valence-electron chi connectivity index (χ2n) is 8.80. The Morgan fingerprint density at radius 1 is 1.03 bits per heavy atom. The van der Waals surface area contributed by atoms with Gasteiger partial charge in [-0.1, -0.05) is 26.0 Å². The molecule has 1 fully saturated rings. The number of benzene rings is 2. The molecule has 0 bridgehead atoms. The lowest BCUT2D eigenvalue weighted by Gasteiger charge is -2.29. The first-order chi connectivity index (χ1) is 16.2. The fourth-order valence-electron chi connectivity index (χ4n) is 3.63. The van der Waals surface area contributed by atoms with E-state index in [1.807, 2.05) is 38.1 Å². The van der Waals surface area contributed by atoms with Crippen molar-refractivity contribution in [2.75, 3.05) is 49.6 Å². The van der Waals surface area contributed by atoms with Crippen molar-refractivity contribution >= 4 is 33.1 Å². The van der Waals surface area contributed by atoms with Gasteiger partial charge in [-0.3, -0.25) is 9.59 Å². The summed E-state index contributed by atoms with van der Waals surface area (Å²) in [5.41, 5.74) is 2.09. The van der Waals surface area contributed by atoms with E-state index in [1.165, 1.54) is 35.5 Å². The normalized spacial score (nSPS) is 14.4. The van der Waals surface area contributed by atoms with Gasteiger partial charge in [0, 0.05) is 36.6 Å². The molecule has 0 spiro atoms. The minimum atomic E-state index is -3.91. The lowest BCUT2D eigenvalue weighted by atomic mass is 10.1. The molecular weight excluding hydrogens is 454 g/mol. The van der Waals surface area contributed by atoms with Gasteiger partial charge in [0.1, 0.15) is 0 Å². The van der Waals surface area contributed by atoms with Crippen LogP contribution in [0.3, 0.4) is 0 Å². The number of anilines is 2. The van der Waals surface area contributed by atoms with Crippen LogP contribution < -0.4 is 10.2 Å². The minimum Gasteiger partial charge on any atom is -0.378 e. The van der Waals surface area contributed by atoms with Crippen molar-refractivity contribution < 1.29 is 22.7 Å². The van der Waals surface area contributed by atoms with Crippen LogP contribution in [-0.4, -0.2) is 63.8 Å². The molecule has 0 aliphatic carbocycles. The quantitative estimate of drug-likeness (QED) is 0.516. The summed E-state index contributed by atoms with van der Waals surface area (Å²) in [5, 5.41) is 2.80. The van der Waals surface area contributed by atoms with Gasteiger partial charge >= 0.3 is 0 Å². The first-order valence-electron chi connectivity index (χ1n) is 11.5. The molecule has 0 saturated carbocycles. The monoisotopic (exact) mass is 487 g/mol. The maximum Gasteiger partial charge on any atom is 0.243 e. The van der Waals surface area contributed by atoms with Crippen molar-refractivity contribution in [2.24, 2.45) is 5.92 Å². The molecule has 0 aromatic heterocycles. The van der Waals surface area contributed by atoms with Gasteiger partial charge in [0.25, 0.3) is 0 Å². The van der Waals surface area contributed by atoms with Crippen LogP contribution in [0.5, 0.6) is 0 Å². The number of Topliss-reactive ketones (excluding diaryl/α,β-unsaturated/α-hetero) is 1. The number of hydrogen-bond acceptors (Lipinski definition) is 6. The first-order valence-corrected chi connectivity index (χ1v) is 12.9. The fourth-order valence-corrected chi connectivity index (χ4v) is 5.05. The summed E-state index contributed by atoms with van der Waals surface area (Å²) in [5.74, 6) is -0.278. The first kappa shape index (κ1) is 25.9. The Morgan fingerprint density at radius 2 is 1.65 bits per heavy atom. The number of ketones is 1. The van der Waals surface area contributed by atoms with Crippen LogP contribution in [0, 0.1) is 5.92 Å². The fraction of sp³-hybridized carbons (Fsp3) is 0.440. The zero-order chi connectivity index (χ0) is 24.7.